The summed E-state index contributed by atoms with van der Waals surface area (Å²) in [6.07, 6.45) is 7.33. The summed E-state index contributed by atoms with van der Waals surface area (Å²) in [5.41, 5.74) is 0.662. The molecule has 29 heavy (non-hydrogen) atoms. The molecule has 2 heterocycles. The third-order valence-electron chi connectivity index (χ3n) is 3.12. The Labute approximate surface area is 176 Å². The van der Waals surface area contributed by atoms with Gasteiger partial charge in [-0.1, -0.05) is 23.5 Å². The molecule has 0 fully saturated rings. The number of carboxylic acid groups (broad SMARTS) is 2. The number of hydrogen-bond acceptors (Lipinski definition) is 8. The molecule has 0 aromatic carbocycles. The number of aromatic nitrogens is 2. The van der Waals surface area contributed by atoms with Gasteiger partial charge in [0, 0.05) is 34.7 Å². The molecule has 2 aromatic heterocycles. The van der Waals surface area contributed by atoms with Crippen LogP contribution in [0, 0.1) is 0 Å². The Bertz CT molecular complexity index is 893. The highest BCUT2D eigenvalue weighted by molar-refractivity contribution is 7.98. The molecule has 0 saturated heterocycles. The van der Waals surface area contributed by atoms with E-state index in [-0.39, 0.29) is 0 Å². The maximum atomic E-state index is 10.6. The molecule has 2 rings (SSSR count). The molecule has 2 N–H and O–H groups in total. The van der Waals surface area contributed by atoms with E-state index in [0.717, 1.165) is 10.1 Å². The van der Waals surface area contributed by atoms with E-state index in [1.807, 2.05) is 35.7 Å². The second kappa shape index (κ2) is 12.4. The van der Waals surface area contributed by atoms with E-state index >= 15 is 0 Å². The van der Waals surface area contributed by atoms with Crippen molar-refractivity contribution in [3.8, 4) is 0 Å². The third kappa shape index (κ3) is 11.4. The van der Waals surface area contributed by atoms with Crippen molar-refractivity contribution in [2.45, 2.75) is 10.1 Å². The molecule has 0 aliphatic rings. The van der Waals surface area contributed by atoms with Gasteiger partial charge in [0.25, 0.3) is 0 Å². The highest BCUT2D eigenvalue weighted by Gasteiger charge is 2.11. The Kier molecular flexibility index (Phi) is 11.5. The van der Waals surface area contributed by atoms with Gasteiger partial charge in [-0.05, 0) is 12.5 Å². The van der Waals surface area contributed by atoms with Crippen molar-refractivity contribution in [3.05, 3.63) is 47.8 Å². The van der Waals surface area contributed by atoms with E-state index in [2.05, 4.69) is 0 Å². The van der Waals surface area contributed by atoms with Crippen LogP contribution < -0.4 is 9.13 Å². The van der Waals surface area contributed by atoms with Gasteiger partial charge in [0.2, 0.25) is 10.1 Å². The largest absolute Gasteiger partial charge is 0.759 e. The molecular formula is C16H20N2O8S3. The van der Waals surface area contributed by atoms with Gasteiger partial charge in [-0.15, -0.1) is 0 Å². The smallest absolute Gasteiger partial charge is 0.336 e. The highest BCUT2D eigenvalue weighted by Crippen LogP contribution is 2.11. The average Bonchev–Trinajstić information content (AvgIpc) is 2.61. The number of thioether (sulfide) groups is 2. The normalized spacial score (nSPS) is 10.1. The molecule has 0 spiro atoms. The van der Waals surface area contributed by atoms with Gasteiger partial charge < -0.3 is 19.3 Å². The van der Waals surface area contributed by atoms with Crippen LogP contribution in [0.4, 0.5) is 0 Å². The van der Waals surface area contributed by atoms with E-state index in [1.54, 1.807) is 36.7 Å². The fraction of sp³-hybridized carbons (Fsp3) is 0.250. The number of carbonyl (C=O) groups is 2. The lowest BCUT2D eigenvalue weighted by Gasteiger charge is -2.06. The highest BCUT2D eigenvalue weighted by atomic mass is 32.3. The predicted octanol–water partition coefficient (Wildman–Crippen LogP) is 0.524. The zero-order chi connectivity index (χ0) is 22.8. The van der Waals surface area contributed by atoms with Crippen LogP contribution in [-0.2, 0) is 24.5 Å². The fourth-order valence-electron chi connectivity index (χ4n) is 1.77. The predicted molar refractivity (Wildman–Crippen MR) is 103 cm³/mol. The Hall–Kier alpha value is -2.19. The van der Waals surface area contributed by atoms with Crippen molar-refractivity contribution in [2.24, 2.45) is 14.1 Å². The standard InChI is InChI=1S/2C8H9NO2S.H2O4S/c2*1-9-4-3-6(8(10)11)5-7(9)12-2;1-5(2,3)4/h2*3-5H,1-2H3;(H2,1,2,3,4). The zero-order valence-electron chi connectivity index (χ0n) is 15.9. The number of aromatic carboxylic acids is 2. The maximum Gasteiger partial charge on any atom is 0.336 e. The maximum absolute atomic E-state index is 10.6. The summed E-state index contributed by atoms with van der Waals surface area (Å²) in [6.45, 7) is 0. The summed E-state index contributed by atoms with van der Waals surface area (Å²) in [7, 11) is -1.39. The van der Waals surface area contributed by atoms with Crippen molar-refractivity contribution >= 4 is 45.9 Å². The summed E-state index contributed by atoms with van der Waals surface area (Å²) in [5.74, 6) is -1.77. The first-order valence-electron chi connectivity index (χ1n) is 7.50. The van der Waals surface area contributed by atoms with Crippen LogP contribution in [0.3, 0.4) is 0 Å². The molecule has 0 radical (unpaired) electrons. The monoisotopic (exact) mass is 464 g/mol. The van der Waals surface area contributed by atoms with Crippen molar-refractivity contribution < 1.29 is 46.5 Å². The van der Waals surface area contributed by atoms with Gasteiger partial charge in [0.05, 0.1) is 11.1 Å². The van der Waals surface area contributed by atoms with Crippen LogP contribution in [0.1, 0.15) is 20.7 Å². The van der Waals surface area contributed by atoms with E-state index in [0.29, 0.717) is 11.1 Å². The average molecular weight is 465 g/mol. The summed E-state index contributed by atoms with van der Waals surface area (Å²) in [4.78, 5) is 21.1. The molecule has 13 heteroatoms. The molecule has 0 aliphatic heterocycles. The Morgan fingerprint density at radius 1 is 0.862 bits per heavy atom. The van der Waals surface area contributed by atoms with Crippen LogP contribution in [0.2, 0.25) is 0 Å². The lowest BCUT2D eigenvalue weighted by molar-refractivity contribution is -0.708. The first-order valence-corrected chi connectivity index (χ1v) is 11.3. The van der Waals surface area contributed by atoms with Gasteiger partial charge in [-0.25, -0.2) is 9.59 Å². The van der Waals surface area contributed by atoms with Gasteiger partial charge in [-0.2, -0.15) is 9.13 Å². The number of pyridine rings is 2. The Morgan fingerprint density at radius 2 is 1.14 bits per heavy atom. The first kappa shape index (κ1) is 26.8. The molecule has 160 valence electrons. The first-order chi connectivity index (χ1) is 13.3. The second-order valence-electron chi connectivity index (χ2n) is 5.16. The molecule has 0 amide bonds. The molecule has 0 bridgehead atoms. The molecule has 10 nitrogen and oxygen atoms in total. The van der Waals surface area contributed by atoms with Gasteiger partial charge >= 0.3 is 11.9 Å². The van der Waals surface area contributed by atoms with Gasteiger partial charge in [0.1, 0.15) is 14.1 Å². The van der Waals surface area contributed by atoms with E-state index < -0.39 is 22.3 Å². The number of hydrogen-bond donors (Lipinski definition) is 2. The second-order valence-corrected chi connectivity index (χ2v) is 7.63. The Balaban J connectivity index is 0.000000442. The third-order valence-corrected chi connectivity index (χ3v) is 4.77. The van der Waals surface area contributed by atoms with Crippen LogP contribution >= 0.6 is 23.5 Å². The number of aryl methyl sites for hydroxylation is 2. The van der Waals surface area contributed by atoms with Crippen molar-refractivity contribution in [1.82, 2.24) is 0 Å². The zero-order valence-corrected chi connectivity index (χ0v) is 18.4. The molecule has 2 aromatic rings. The molecule has 0 atom stereocenters. The van der Waals surface area contributed by atoms with E-state index in [9.17, 15) is 9.59 Å². The van der Waals surface area contributed by atoms with Gasteiger partial charge in [-0.3, -0.25) is 8.42 Å². The molecule has 0 unspecified atom stereocenters. The molecule has 0 aliphatic carbocycles. The van der Waals surface area contributed by atoms with Crippen molar-refractivity contribution in [2.75, 3.05) is 12.5 Å². The topological polar surface area (TPSA) is 163 Å². The summed E-state index contributed by atoms with van der Waals surface area (Å²) in [5, 5.41) is 19.2. The molecular weight excluding hydrogens is 444 g/mol. The minimum atomic E-state index is -5.17. The Morgan fingerprint density at radius 3 is 1.34 bits per heavy atom. The van der Waals surface area contributed by atoms with E-state index in [4.69, 9.17) is 27.7 Å². The number of carboxylic acids is 2. The minimum Gasteiger partial charge on any atom is -0.759 e. The summed E-state index contributed by atoms with van der Waals surface area (Å²) < 4.78 is 37.9. The van der Waals surface area contributed by atoms with Gasteiger partial charge in [0.15, 0.2) is 12.4 Å². The summed E-state index contributed by atoms with van der Waals surface area (Å²) in [6, 6.07) is 6.49. The summed E-state index contributed by atoms with van der Waals surface area (Å²) >= 11 is 3.05. The number of nitrogens with zero attached hydrogens (tertiary/aromatic N) is 2. The quantitative estimate of drug-likeness (QED) is 0.282. The van der Waals surface area contributed by atoms with Crippen molar-refractivity contribution in [1.29, 1.82) is 0 Å². The molecule has 0 saturated carbocycles. The lowest BCUT2D eigenvalue weighted by Crippen LogP contribution is -2.30. The lowest BCUT2D eigenvalue weighted by atomic mass is 10.3. The SMILES string of the molecule is CSc1cc(C(=O)O)cc[n+]1C.CSc1cc(C(=O)O)cc[n+]1C.O=S(=O)([O-])[O-]. The van der Waals surface area contributed by atoms with Crippen LogP contribution in [0.5, 0.6) is 0 Å². The van der Waals surface area contributed by atoms with Crippen LogP contribution in [0.15, 0.2) is 46.7 Å². The number of rotatable bonds is 4. The minimum absolute atomic E-state index is 0.331. The van der Waals surface area contributed by atoms with Crippen molar-refractivity contribution in [3.63, 3.8) is 0 Å². The van der Waals surface area contributed by atoms with E-state index in [1.165, 1.54) is 23.5 Å². The van der Waals surface area contributed by atoms with Crippen LogP contribution in [-0.4, -0.2) is 52.2 Å². The van der Waals surface area contributed by atoms with Crippen LogP contribution in [0.25, 0.3) is 0 Å². The fourth-order valence-corrected chi connectivity index (χ4v) is 2.96.